The number of aromatic nitrogens is 1. The lowest BCUT2D eigenvalue weighted by Crippen LogP contribution is -2.15. The molecule has 0 bridgehead atoms. The summed E-state index contributed by atoms with van der Waals surface area (Å²) in [6, 6.07) is 3.57. The lowest BCUT2D eigenvalue weighted by atomic mass is 10.0. The highest BCUT2D eigenvalue weighted by Crippen LogP contribution is 2.18. The van der Waals surface area contributed by atoms with Crippen LogP contribution in [0.1, 0.15) is 16.9 Å². The molecule has 0 N–H and O–H groups in total. The van der Waals surface area contributed by atoms with Gasteiger partial charge in [-0.2, -0.15) is 0 Å². The van der Waals surface area contributed by atoms with Gasteiger partial charge in [0, 0.05) is 23.2 Å². The molecule has 0 amide bonds. The van der Waals surface area contributed by atoms with Crippen molar-refractivity contribution in [1.29, 1.82) is 0 Å². The summed E-state index contributed by atoms with van der Waals surface area (Å²) in [4.78, 5) is 15.9. The van der Waals surface area contributed by atoms with Gasteiger partial charge >= 0.3 is 0 Å². The predicted octanol–water partition coefficient (Wildman–Crippen LogP) is 2.06. The fourth-order valence-corrected chi connectivity index (χ4v) is 1.71. The standard InChI is InChI=1S/C10H10BrNO2/c11-8-1-2-9(12-5-8)10(13)7-3-4-14-6-7/h1-2,5,7H,3-4,6H2/t7-/m1/s1. The van der Waals surface area contributed by atoms with Gasteiger partial charge in [0.15, 0.2) is 5.78 Å². The molecule has 0 aliphatic carbocycles. The van der Waals surface area contributed by atoms with E-state index in [4.69, 9.17) is 4.74 Å². The Balaban J connectivity index is 2.14. The van der Waals surface area contributed by atoms with Crippen molar-refractivity contribution in [1.82, 2.24) is 4.98 Å². The molecule has 0 unspecified atom stereocenters. The van der Waals surface area contributed by atoms with Crippen LogP contribution >= 0.6 is 15.9 Å². The van der Waals surface area contributed by atoms with Gasteiger partial charge in [0.25, 0.3) is 0 Å². The topological polar surface area (TPSA) is 39.2 Å². The fourth-order valence-electron chi connectivity index (χ4n) is 1.47. The highest BCUT2D eigenvalue weighted by molar-refractivity contribution is 9.10. The summed E-state index contributed by atoms with van der Waals surface area (Å²) in [7, 11) is 0. The molecule has 4 heteroatoms. The molecule has 1 aliphatic heterocycles. The SMILES string of the molecule is O=C(c1ccc(Br)cn1)[C@@H]1CCOC1. The van der Waals surface area contributed by atoms with Crippen molar-refractivity contribution < 1.29 is 9.53 Å². The number of Topliss-reactive ketones (excluding diaryl/α,β-unsaturated/α-hetero) is 1. The third-order valence-corrected chi connectivity index (χ3v) is 2.75. The molecule has 1 aromatic rings. The Bertz CT molecular complexity index is 330. The molecule has 1 aromatic heterocycles. The maximum absolute atomic E-state index is 11.8. The van der Waals surface area contributed by atoms with E-state index in [9.17, 15) is 4.79 Å². The first-order valence-corrected chi connectivity index (χ1v) is 5.30. The Morgan fingerprint density at radius 2 is 2.43 bits per heavy atom. The molecule has 0 radical (unpaired) electrons. The largest absolute Gasteiger partial charge is 0.381 e. The average Bonchev–Trinajstić information content (AvgIpc) is 2.71. The number of ether oxygens (including phenoxy) is 1. The van der Waals surface area contributed by atoms with E-state index in [1.807, 2.05) is 6.07 Å². The van der Waals surface area contributed by atoms with Crippen LogP contribution in [0.2, 0.25) is 0 Å². The molecule has 0 spiro atoms. The molecule has 3 nitrogen and oxygen atoms in total. The maximum Gasteiger partial charge on any atom is 0.186 e. The van der Waals surface area contributed by atoms with Gasteiger partial charge in [-0.1, -0.05) is 0 Å². The first kappa shape index (κ1) is 9.80. The molecular formula is C10H10BrNO2. The quantitative estimate of drug-likeness (QED) is 0.760. The summed E-state index contributed by atoms with van der Waals surface area (Å²) in [6.45, 7) is 1.23. The van der Waals surface area contributed by atoms with Crippen molar-refractivity contribution in [2.24, 2.45) is 5.92 Å². The van der Waals surface area contributed by atoms with E-state index in [-0.39, 0.29) is 11.7 Å². The van der Waals surface area contributed by atoms with E-state index >= 15 is 0 Å². The molecule has 2 rings (SSSR count). The van der Waals surface area contributed by atoms with Crippen LogP contribution in [-0.2, 0) is 4.74 Å². The summed E-state index contributed by atoms with van der Waals surface area (Å²) in [6.07, 6.45) is 2.46. The van der Waals surface area contributed by atoms with Gasteiger partial charge in [0.05, 0.1) is 6.61 Å². The smallest absolute Gasteiger partial charge is 0.186 e. The molecule has 1 atom stereocenters. The van der Waals surface area contributed by atoms with Gasteiger partial charge in [-0.15, -0.1) is 0 Å². The van der Waals surface area contributed by atoms with Gasteiger partial charge in [-0.3, -0.25) is 9.78 Å². The minimum Gasteiger partial charge on any atom is -0.381 e. The Morgan fingerprint density at radius 3 is 3.00 bits per heavy atom. The van der Waals surface area contributed by atoms with Gasteiger partial charge in [0.1, 0.15) is 5.69 Å². The second-order valence-corrected chi connectivity index (χ2v) is 4.20. The lowest BCUT2D eigenvalue weighted by Gasteiger charge is -2.04. The average molecular weight is 256 g/mol. The van der Waals surface area contributed by atoms with Crippen LogP contribution in [0.4, 0.5) is 0 Å². The Hall–Kier alpha value is -0.740. The number of hydrogen-bond acceptors (Lipinski definition) is 3. The zero-order chi connectivity index (χ0) is 9.97. The second-order valence-electron chi connectivity index (χ2n) is 3.29. The first-order valence-electron chi connectivity index (χ1n) is 4.51. The van der Waals surface area contributed by atoms with Gasteiger partial charge in [0.2, 0.25) is 0 Å². The molecule has 0 saturated carbocycles. The minimum absolute atomic E-state index is 0.00340. The van der Waals surface area contributed by atoms with Gasteiger partial charge < -0.3 is 4.74 Å². The summed E-state index contributed by atoms with van der Waals surface area (Å²) in [5.74, 6) is 0.0960. The molecule has 2 heterocycles. The van der Waals surface area contributed by atoms with Crippen LogP contribution in [0.5, 0.6) is 0 Å². The summed E-state index contributed by atoms with van der Waals surface area (Å²) >= 11 is 3.28. The molecule has 0 aromatic carbocycles. The molecule has 1 aliphatic rings. The zero-order valence-corrected chi connectivity index (χ0v) is 9.16. The number of hydrogen-bond donors (Lipinski definition) is 0. The van der Waals surface area contributed by atoms with Crippen molar-refractivity contribution in [3.05, 3.63) is 28.5 Å². The highest BCUT2D eigenvalue weighted by Gasteiger charge is 2.25. The van der Waals surface area contributed by atoms with E-state index in [2.05, 4.69) is 20.9 Å². The van der Waals surface area contributed by atoms with E-state index < -0.39 is 0 Å². The molecular weight excluding hydrogens is 246 g/mol. The van der Waals surface area contributed by atoms with Crippen molar-refractivity contribution in [2.75, 3.05) is 13.2 Å². The molecule has 1 fully saturated rings. The van der Waals surface area contributed by atoms with E-state index in [1.54, 1.807) is 12.3 Å². The van der Waals surface area contributed by atoms with Crippen LogP contribution in [0, 0.1) is 5.92 Å². The first-order chi connectivity index (χ1) is 6.77. The van der Waals surface area contributed by atoms with Gasteiger partial charge in [-0.25, -0.2) is 0 Å². The molecule has 1 saturated heterocycles. The lowest BCUT2D eigenvalue weighted by molar-refractivity contribution is 0.0895. The normalized spacial score (nSPS) is 21.1. The Kier molecular flexibility index (Phi) is 2.93. The monoisotopic (exact) mass is 255 g/mol. The number of ketones is 1. The summed E-state index contributed by atoms with van der Waals surface area (Å²) in [5.41, 5.74) is 0.531. The van der Waals surface area contributed by atoms with Crippen LogP contribution in [0.3, 0.4) is 0 Å². The number of halogens is 1. The van der Waals surface area contributed by atoms with E-state index in [0.29, 0.717) is 18.9 Å². The third-order valence-electron chi connectivity index (χ3n) is 2.28. The van der Waals surface area contributed by atoms with E-state index in [1.165, 1.54) is 0 Å². The Morgan fingerprint density at radius 1 is 1.57 bits per heavy atom. The maximum atomic E-state index is 11.8. The minimum atomic E-state index is 0.00340. The molecule has 14 heavy (non-hydrogen) atoms. The van der Waals surface area contributed by atoms with Crippen LogP contribution in [0.15, 0.2) is 22.8 Å². The number of pyridine rings is 1. The number of carbonyl (C=O) groups excluding carboxylic acids is 1. The fraction of sp³-hybridized carbons (Fsp3) is 0.400. The van der Waals surface area contributed by atoms with Crippen LogP contribution in [-0.4, -0.2) is 24.0 Å². The number of carbonyl (C=O) groups is 1. The summed E-state index contributed by atoms with van der Waals surface area (Å²) < 4.78 is 6.05. The number of rotatable bonds is 2. The van der Waals surface area contributed by atoms with Crippen molar-refractivity contribution >= 4 is 21.7 Å². The van der Waals surface area contributed by atoms with Crippen molar-refractivity contribution in [2.45, 2.75) is 6.42 Å². The van der Waals surface area contributed by atoms with Gasteiger partial charge in [-0.05, 0) is 34.5 Å². The highest BCUT2D eigenvalue weighted by atomic mass is 79.9. The number of nitrogens with zero attached hydrogens (tertiary/aromatic N) is 1. The van der Waals surface area contributed by atoms with Crippen LogP contribution < -0.4 is 0 Å². The molecule has 74 valence electrons. The van der Waals surface area contributed by atoms with E-state index in [0.717, 1.165) is 10.9 Å². The summed E-state index contributed by atoms with van der Waals surface area (Å²) in [5, 5.41) is 0. The van der Waals surface area contributed by atoms with Crippen molar-refractivity contribution in [3.8, 4) is 0 Å². The van der Waals surface area contributed by atoms with Crippen LogP contribution in [0.25, 0.3) is 0 Å². The Labute approximate surface area is 90.6 Å². The van der Waals surface area contributed by atoms with Crippen molar-refractivity contribution in [3.63, 3.8) is 0 Å². The predicted molar refractivity (Wildman–Crippen MR) is 55.2 cm³/mol. The second kappa shape index (κ2) is 4.19. The third kappa shape index (κ3) is 2.01. The zero-order valence-electron chi connectivity index (χ0n) is 7.57.